The Morgan fingerprint density at radius 1 is 1.16 bits per heavy atom. The molecule has 3 aromatic rings. The lowest BCUT2D eigenvalue weighted by atomic mass is 10.1. The minimum Gasteiger partial charge on any atom is -0.476 e. The van der Waals surface area contributed by atoms with Gasteiger partial charge in [0.25, 0.3) is 11.8 Å². The standard InChI is InChI=1S/C29H29FN4O3/c1-3-4-5-8-19(2)26(37-22-11-9-20-13-14-32-27(31)23(20)18-22)28(35)33-25-12-10-21(17-24(25)30)29(36)34-15-6-7-16-34/h3-5,8-14,17-18,26H,1,6-7,15-16H2,2H3,(H2,31,32)(H,33,35)/b5-4-,19-8+. The van der Waals surface area contributed by atoms with E-state index in [9.17, 15) is 14.0 Å². The van der Waals surface area contributed by atoms with Crippen LogP contribution in [-0.2, 0) is 4.79 Å². The normalized spacial score (nSPS) is 14.6. The topological polar surface area (TPSA) is 97.5 Å². The highest BCUT2D eigenvalue weighted by Gasteiger charge is 2.25. The molecule has 1 fully saturated rings. The number of amides is 2. The summed E-state index contributed by atoms with van der Waals surface area (Å²) in [5.74, 6) is -0.739. The monoisotopic (exact) mass is 500 g/mol. The summed E-state index contributed by atoms with van der Waals surface area (Å²) in [5, 5.41) is 4.17. The second-order valence-corrected chi connectivity index (χ2v) is 8.79. The molecule has 2 aromatic carbocycles. The van der Waals surface area contributed by atoms with Crippen molar-refractivity contribution in [2.75, 3.05) is 24.1 Å². The highest BCUT2D eigenvalue weighted by molar-refractivity contribution is 5.98. The molecule has 1 saturated heterocycles. The smallest absolute Gasteiger partial charge is 0.269 e. The van der Waals surface area contributed by atoms with Crippen LogP contribution >= 0.6 is 0 Å². The number of nitrogen functional groups attached to an aromatic ring is 1. The van der Waals surface area contributed by atoms with E-state index >= 15 is 0 Å². The third kappa shape index (κ3) is 6.03. The molecule has 8 heteroatoms. The van der Waals surface area contributed by atoms with Crippen LogP contribution < -0.4 is 15.8 Å². The molecule has 1 aromatic heterocycles. The number of allylic oxidation sites excluding steroid dienone is 4. The van der Waals surface area contributed by atoms with Crippen molar-refractivity contribution in [2.45, 2.75) is 25.9 Å². The number of nitrogens with zero attached hydrogens (tertiary/aromatic N) is 2. The zero-order valence-corrected chi connectivity index (χ0v) is 20.6. The van der Waals surface area contributed by atoms with Crippen LogP contribution in [-0.4, -0.2) is 40.9 Å². The van der Waals surface area contributed by atoms with E-state index in [0.29, 0.717) is 35.6 Å². The van der Waals surface area contributed by atoms with Gasteiger partial charge in [0.1, 0.15) is 17.4 Å². The second-order valence-electron chi connectivity index (χ2n) is 8.79. The summed E-state index contributed by atoms with van der Waals surface area (Å²) in [7, 11) is 0. The summed E-state index contributed by atoms with van der Waals surface area (Å²) in [6, 6.07) is 11.2. The summed E-state index contributed by atoms with van der Waals surface area (Å²) in [5.41, 5.74) is 6.79. The van der Waals surface area contributed by atoms with Crippen molar-refractivity contribution in [2.24, 2.45) is 0 Å². The van der Waals surface area contributed by atoms with Crippen LogP contribution in [0.15, 0.2) is 85.1 Å². The number of hydrogen-bond acceptors (Lipinski definition) is 5. The molecule has 0 spiro atoms. The quantitative estimate of drug-likeness (QED) is 0.411. The molecule has 190 valence electrons. The van der Waals surface area contributed by atoms with Crippen molar-refractivity contribution >= 4 is 34.1 Å². The molecule has 0 bridgehead atoms. The average molecular weight is 501 g/mol. The summed E-state index contributed by atoms with van der Waals surface area (Å²) in [6.07, 6.45) is 9.21. The Bertz CT molecular complexity index is 1390. The van der Waals surface area contributed by atoms with Crippen molar-refractivity contribution in [1.29, 1.82) is 0 Å². The maximum Gasteiger partial charge on any atom is 0.269 e. The van der Waals surface area contributed by atoms with Gasteiger partial charge < -0.3 is 20.7 Å². The van der Waals surface area contributed by atoms with Crippen molar-refractivity contribution in [3.63, 3.8) is 0 Å². The molecule has 3 N–H and O–H groups in total. The molecular formula is C29H29FN4O3. The Balaban J connectivity index is 1.58. The molecule has 0 radical (unpaired) electrons. The lowest BCUT2D eigenvalue weighted by Crippen LogP contribution is -2.34. The van der Waals surface area contributed by atoms with Crippen molar-refractivity contribution < 1.29 is 18.7 Å². The number of fused-ring (bicyclic) bond motifs is 1. The Kier molecular flexibility index (Phi) is 7.98. The number of likely N-dealkylation sites (tertiary alicyclic amines) is 1. The number of carbonyl (C=O) groups excluding carboxylic acids is 2. The first kappa shape index (κ1) is 25.6. The highest BCUT2D eigenvalue weighted by atomic mass is 19.1. The van der Waals surface area contributed by atoms with Crippen molar-refractivity contribution in [3.05, 3.63) is 96.5 Å². The fraction of sp³-hybridized carbons (Fsp3) is 0.207. The predicted molar refractivity (Wildman–Crippen MR) is 144 cm³/mol. The van der Waals surface area contributed by atoms with Gasteiger partial charge in [-0.3, -0.25) is 9.59 Å². The Morgan fingerprint density at radius 3 is 2.68 bits per heavy atom. The van der Waals surface area contributed by atoms with Gasteiger partial charge >= 0.3 is 0 Å². The van der Waals surface area contributed by atoms with E-state index in [1.165, 1.54) is 12.1 Å². The highest BCUT2D eigenvalue weighted by Crippen LogP contribution is 2.27. The number of halogens is 1. The number of rotatable bonds is 8. The van der Waals surface area contributed by atoms with E-state index < -0.39 is 17.8 Å². The third-order valence-corrected chi connectivity index (χ3v) is 6.15. The van der Waals surface area contributed by atoms with E-state index in [0.717, 1.165) is 24.3 Å². The molecule has 1 unspecified atom stereocenters. The molecule has 7 nitrogen and oxygen atoms in total. The number of carbonyl (C=O) groups is 2. The minimum absolute atomic E-state index is 0.0436. The SMILES string of the molecule is C=C/C=C\C=C(/C)C(Oc1ccc2ccnc(N)c2c1)C(=O)Nc1ccc(C(=O)N2CCCC2)cc1F. The first-order valence-corrected chi connectivity index (χ1v) is 12.0. The number of nitrogens with two attached hydrogens (primary N) is 1. The number of benzene rings is 2. The van der Waals surface area contributed by atoms with Gasteiger partial charge in [-0.15, -0.1) is 0 Å². The van der Waals surface area contributed by atoms with E-state index in [1.54, 1.807) is 54.5 Å². The van der Waals surface area contributed by atoms with Gasteiger partial charge in [0.05, 0.1) is 5.69 Å². The number of nitrogens with one attached hydrogen (secondary N) is 1. The number of pyridine rings is 1. The zero-order chi connectivity index (χ0) is 26.4. The molecule has 37 heavy (non-hydrogen) atoms. The average Bonchev–Trinajstić information content (AvgIpc) is 3.43. The van der Waals surface area contributed by atoms with Crippen molar-refractivity contribution in [1.82, 2.24) is 9.88 Å². The summed E-state index contributed by atoms with van der Waals surface area (Å²) >= 11 is 0. The number of hydrogen-bond donors (Lipinski definition) is 2. The van der Waals surface area contributed by atoms with Crippen LogP contribution in [0.3, 0.4) is 0 Å². The van der Waals surface area contributed by atoms with Crippen molar-refractivity contribution in [3.8, 4) is 5.75 Å². The predicted octanol–water partition coefficient (Wildman–Crippen LogP) is 5.27. The molecular weight excluding hydrogens is 471 g/mol. The number of ether oxygens (including phenoxy) is 1. The Hall–Kier alpha value is -4.46. The van der Waals surface area contributed by atoms with Crippen LogP contribution in [0.2, 0.25) is 0 Å². The van der Waals surface area contributed by atoms with Gasteiger partial charge in [0, 0.05) is 30.2 Å². The Morgan fingerprint density at radius 2 is 1.95 bits per heavy atom. The van der Waals surface area contributed by atoms with Crippen LogP contribution in [0.5, 0.6) is 5.75 Å². The molecule has 4 rings (SSSR count). The molecule has 2 amide bonds. The van der Waals surface area contributed by atoms with Gasteiger partial charge in [0.2, 0.25) is 0 Å². The molecule has 0 saturated carbocycles. The minimum atomic E-state index is -1.07. The fourth-order valence-electron chi connectivity index (χ4n) is 4.16. The second kappa shape index (κ2) is 11.5. The van der Waals surface area contributed by atoms with Gasteiger partial charge in [-0.1, -0.05) is 36.9 Å². The van der Waals surface area contributed by atoms with E-state index in [-0.39, 0.29) is 17.2 Å². The molecule has 1 aliphatic heterocycles. The van der Waals surface area contributed by atoms with Crippen LogP contribution in [0.1, 0.15) is 30.1 Å². The lowest BCUT2D eigenvalue weighted by molar-refractivity contribution is -0.121. The molecule has 2 heterocycles. The zero-order valence-electron chi connectivity index (χ0n) is 20.6. The van der Waals surface area contributed by atoms with Crippen LogP contribution in [0, 0.1) is 5.82 Å². The first-order chi connectivity index (χ1) is 17.9. The molecule has 1 atom stereocenters. The number of aromatic nitrogens is 1. The van der Waals surface area contributed by atoms with E-state index in [2.05, 4.69) is 16.9 Å². The number of anilines is 2. The third-order valence-electron chi connectivity index (χ3n) is 6.15. The summed E-state index contributed by atoms with van der Waals surface area (Å²) < 4.78 is 21.0. The Labute approximate surface area is 215 Å². The lowest BCUT2D eigenvalue weighted by Gasteiger charge is -2.20. The molecule has 1 aliphatic rings. The van der Waals surface area contributed by atoms with Gasteiger partial charge in [-0.05, 0) is 67.1 Å². The summed E-state index contributed by atoms with van der Waals surface area (Å²) in [4.78, 5) is 31.7. The van der Waals surface area contributed by atoms with Crippen LogP contribution in [0.4, 0.5) is 15.9 Å². The fourth-order valence-corrected chi connectivity index (χ4v) is 4.16. The van der Waals surface area contributed by atoms with E-state index in [4.69, 9.17) is 10.5 Å². The largest absolute Gasteiger partial charge is 0.476 e. The summed E-state index contributed by atoms with van der Waals surface area (Å²) in [6.45, 7) is 6.71. The van der Waals surface area contributed by atoms with E-state index in [1.807, 2.05) is 12.1 Å². The maximum absolute atomic E-state index is 14.9. The van der Waals surface area contributed by atoms with Crippen LogP contribution in [0.25, 0.3) is 10.8 Å². The van der Waals surface area contributed by atoms with Gasteiger partial charge in [0.15, 0.2) is 6.10 Å². The van der Waals surface area contributed by atoms with Gasteiger partial charge in [-0.2, -0.15) is 0 Å². The maximum atomic E-state index is 14.9. The molecule has 0 aliphatic carbocycles. The van der Waals surface area contributed by atoms with Gasteiger partial charge in [-0.25, -0.2) is 9.37 Å². The first-order valence-electron chi connectivity index (χ1n) is 12.0.